The smallest absolute Gasteiger partial charge is 0.317 e. The summed E-state index contributed by atoms with van der Waals surface area (Å²) in [6, 6.07) is 12.2. The molecule has 0 saturated heterocycles. The number of carbonyl (C=O) groups excluding carboxylic acids is 1. The van der Waals surface area contributed by atoms with Crippen LogP contribution < -0.4 is 5.32 Å². The minimum atomic E-state index is -0.0864. The van der Waals surface area contributed by atoms with Crippen LogP contribution in [0.3, 0.4) is 0 Å². The lowest BCUT2D eigenvalue weighted by Crippen LogP contribution is -2.36. The Morgan fingerprint density at radius 2 is 1.68 bits per heavy atom. The molecule has 0 fully saturated rings. The molecule has 2 aromatic rings. The van der Waals surface area contributed by atoms with Crippen LogP contribution >= 0.6 is 22.9 Å². The number of halogens is 1. The molecule has 4 nitrogen and oxygen atoms in total. The van der Waals surface area contributed by atoms with Crippen molar-refractivity contribution >= 4 is 29.0 Å². The van der Waals surface area contributed by atoms with Crippen LogP contribution in [0.25, 0.3) is 0 Å². The van der Waals surface area contributed by atoms with Crippen LogP contribution in [0.2, 0.25) is 4.34 Å². The third kappa shape index (κ3) is 6.34. The summed E-state index contributed by atoms with van der Waals surface area (Å²) in [7, 11) is 1.79. The second-order valence-electron chi connectivity index (χ2n) is 6.00. The van der Waals surface area contributed by atoms with Crippen molar-refractivity contribution in [3.63, 3.8) is 0 Å². The molecule has 0 aliphatic heterocycles. The standard InChI is InChI=1S/C19H26ClN3OS/c1-4-23(5-2)13-16-8-6-15(7-9-16)12-21-19(24)22(3)14-17-10-11-18(20)25-17/h6-11H,4-5,12-14H2,1-3H3,(H,21,24). The van der Waals surface area contributed by atoms with E-state index in [1.807, 2.05) is 12.1 Å². The monoisotopic (exact) mass is 379 g/mol. The minimum Gasteiger partial charge on any atom is -0.334 e. The molecule has 0 atom stereocenters. The maximum Gasteiger partial charge on any atom is 0.317 e. The number of thiophene rings is 1. The summed E-state index contributed by atoms with van der Waals surface area (Å²) < 4.78 is 0.744. The highest BCUT2D eigenvalue weighted by molar-refractivity contribution is 7.16. The van der Waals surface area contributed by atoms with E-state index in [1.54, 1.807) is 11.9 Å². The van der Waals surface area contributed by atoms with Gasteiger partial charge in [0.05, 0.1) is 10.9 Å². The second-order valence-corrected chi connectivity index (χ2v) is 7.80. The van der Waals surface area contributed by atoms with Gasteiger partial charge < -0.3 is 10.2 Å². The quantitative estimate of drug-likeness (QED) is 0.728. The SMILES string of the molecule is CCN(CC)Cc1ccc(CNC(=O)N(C)Cc2ccc(Cl)s2)cc1. The number of rotatable bonds is 8. The molecule has 2 rings (SSSR count). The molecule has 0 spiro atoms. The molecule has 1 aromatic carbocycles. The Bertz CT molecular complexity index is 668. The highest BCUT2D eigenvalue weighted by Crippen LogP contribution is 2.22. The van der Waals surface area contributed by atoms with E-state index >= 15 is 0 Å². The Labute approximate surface area is 159 Å². The summed E-state index contributed by atoms with van der Waals surface area (Å²) in [4.78, 5) is 17.3. The Hall–Kier alpha value is -1.56. The van der Waals surface area contributed by atoms with Crippen molar-refractivity contribution in [1.29, 1.82) is 0 Å². The topological polar surface area (TPSA) is 35.6 Å². The molecule has 0 aliphatic rings. The van der Waals surface area contributed by atoms with Crippen LogP contribution in [0, 0.1) is 0 Å². The predicted molar refractivity (Wildman–Crippen MR) is 106 cm³/mol. The van der Waals surface area contributed by atoms with Crippen molar-refractivity contribution in [3.8, 4) is 0 Å². The molecule has 0 saturated carbocycles. The van der Waals surface area contributed by atoms with Crippen molar-refractivity contribution in [2.45, 2.75) is 33.5 Å². The molecule has 136 valence electrons. The van der Waals surface area contributed by atoms with Crippen molar-refractivity contribution in [3.05, 3.63) is 56.7 Å². The first-order valence-corrected chi connectivity index (χ1v) is 9.74. The number of hydrogen-bond acceptors (Lipinski definition) is 3. The number of benzene rings is 1. The van der Waals surface area contributed by atoms with Crippen molar-refractivity contribution in [2.75, 3.05) is 20.1 Å². The lowest BCUT2D eigenvalue weighted by molar-refractivity contribution is 0.207. The van der Waals surface area contributed by atoms with Gasteiger partial charge in [-0.25, -0.2) is 4.79 Å². The largest absolute Gasteiger partial charge is 0.334 e. The molecule has 0 bridgehead atoms. The van der Waals surface area contributed by atoms with Gasteiger partial charge in [0.1, 0.15) is 0 Å². The Kier molecular flexibility index (Phi) is 7.75. The second kappa shape index (κ2) is 9.80. The number of amides is 2. The van der Waals surface area contributed by atoms with Gasteiger partial charge in [-0.2, -0.15) is 0 Å². The number of urea groups is 1. The maximum absolute atomic E-state index is 12.2. The summed E-state index contributed by atoms with van der Waals surface area (Å²) >= 11 is 7.42. The molecule has 0 aliphatic carbocycles. The Balaban J connectivity index is 1.80. The first-order valence-electron chi connectivity index (χ1n) is 8.55. The summed E-state index contributed by atoms with van der Waals surface area (Å²) in [6.07, 6.45) is 0. The van der Waals surface area contributed by atoms with Gasteiger partial charge in [-0.1, -0.05) is 49.7 Å². The van der Waals surface area contributed by atoms with E-state index in [1.165, 1.54) is 16.9 Å². The van der Waals surface area contributed by atoms with Crippen LogP contribution in [-0.2, 0) is 19.6 Å². The number of nitrogens with zero attached hydrogens (tertiary/aromatic N) is 2. The summed E-state index contributed by atoms with van der Waals surface area (Å²) in [6.45, 7) is 8.51. The van der Waals surface area contributed by atoms with E-state index in [9.17, 15) is 4.79 Å². The van der Waals surface area contributed by atoms with Crippen molar-refractivity contribution in [2.24, 2.45) is 0 Å². The Morgan fingerprint density at radius 1 is 1.04 bits per heavy atom. The van der Waals surface area contributed by atoms with Crippen LogP contribution in [0.15, 0.2) is 36.4 Å². The average molecular weight is 380 g/mol. The van der Waals surface area contributed by atoms with Gasteiger partial charge >= 0.3 is 6.03 Å². The zero-order valence-electron chi connectivity index (χ0n) is 15.1. The first kappa shape index (κ1) is 19.8. The molecule has 6 heteroatoms. The summed E-state index contributed by atoms with van der Waals surface area (Å²) in [5.74, 6) is 0. The van der Waals surface area contributed by atoms with E-state index < -0.39 is 0 Å². The van der Waals surface area contributed by atoms with E-state index in [4.69, 9.17) is 11.6 Å². The Morgan fingerprint density at radius 3 is 2.24 bits per heavy atom. The van der Waals surface area contributed by atoms with Crippen LogP contribution in [0.4, 0.5) is 4.79 Å². The van der Waals surface area contributed by atoms with Crippen LogP contribution in [-0.4, -0.2) is 36.0 Å². The molecule has 1 heterocycles. The third-order valence-corrected chi connectivity index (χ3v) is 5.35. The van der Waals surface area contributed by atoms with Gasteiger partial charge in [0.2, 0.25) is 0 Å². The molecule has 1 N–H and O–H groups in total. The van der Waals surface area contributed by atoms with Crippen molar-refractivity contribution in [1.82, 2.24) is 15.1 Å². The van der Waals surface area contributed by atoms with Gasteiger partial charge in [-0.15, -0.1) is 11.3 Å². The molecular formula is C19H26ClN3OS. The normalized spacial score (nSPS) is 10.9. The number of hydrogen-bond donors (Lipinski definition) is 1. The molecule has 25 heavy (non-hydrogen) atoms. The zero-order chi connectivity index (χ0) is 18.2. The summed E-state index contributed by atoms with van der Waals surface area (Å²) in [5, 5.41) is 2.96. The van der Waals surface area contributed by atoms with Gasteiger partial charge in [0.25, 0.3) is 0 Å². The van der Waals surface area contributed by atoms with Gasteiger partial charge in [-0.3, -0.25) is 4.90 Å². The van der Waals surface area contributed by atoms with E-state index in [0.717, 1.165) is 34.4 Å². The van der Waals surface area contributed by atoms with Gasteiger partial charge in [-0.05, 0) is 36.3 Å². The summed E-state index contributed by atoms with van der Waals surface area (Å²) in [5.41, 5.74) is 2.40. The maximum atomic E-state index is 12.2. The van der Waals surface area contributed by atoms with E-state index in [0.29, 0.717) is 13.1 Å². The average Bonchev–Trinajstić information content (AvgIpc) is 3.03. The first-order chi connectivity index (χ1) is 12.0. The molecule has 0 radical (unpaired) electrons. The van der Waals surface area contributed by atoms with E-state index in [-0.39, 0.29) is 6.03 Å². The van der Waals surface area contributed by atoms with Crippen LogP contribution in [0.5, 0.6) is 0 Å². The van der Waals surface area contributed by atoms with Crippen molar-refractivity contribution < 1.29 is 4.79 Å². The third-order valence-electron chi connectivity index (χ3n) is 4.14. The molecule has 2 amide bonds. The number of carbonyl (C=O) groups is 1. The fraction of sp³-hybridized carbons (Fsp3) is 0.421. The predicted octanol–water partition coefficient (Wildman–Crippen LogP) is 4.58. The fourth-order valence-electron chi connectivity index (χ4n) is 2.52. The lowest BCUT2D eigenvalue weighted by Gasteiger charge is -2.18. The van der Waals surface area contributed by atoms with E-state index in [2.05, 4.69) is 48.3 Å². The number of nitrogens with one attached hydrogen (secondary N) is 1. The zero-order valence-corrected chi connectivity index (χ0v) is 16.7. The lowest BCUT2D eigenvalue weighted by atomic mass is 10.1. The van der Waals surface area contributed by atoms with Gasteiger partial charge in [0.15, 0.2) is 0 Å². The molecular weight excluding hydrogens is 354 g/mol. The minimum absolute atomic E-state index is 0.0864. The molecule has 1 aromatic heterocycles. The van der Waals surface area contributed by atoms with Gasteiger partial charge in [0, 0.05) is 25.0 Å². The highest BCUT2D eigenvalue weighted by atomic mass is 35.5. The van der Waals surface area contributed by atoms with Crippen LogP contribution in [0.1, 0.15) is 29.9 Å². The fourth-order valence-corrected chi connectivity index (χ4v) is 3.66. The molecule has 0 unspecified atom stereocenters. The highest BCUT2D eigenvalue weighted by Gasteiger charge is 2.10.